The van der Waals surface area contributed by atoms with Crippen molar-refractivity contribution in [2.75, 3.05) is 6.54 Å². The van der Waals surface area contributed by atoms with E-state index in [-0.39, 0.29) is 23.8 Å². The average Bonchev–Trinajstić information content (AvgIpc) is 2.63. The molecule has 0 aliphatic carbocycles. The minimum absolute atomic E-state index is 0.0272. The molecule has 15 heavy (non-hydrogen) atoms. The van der Waals surface area contributed by atoms with Crippen LogP contribution in [0.3, 0.4) is 0 Å². The third kappa shape index (κ3) is 1.20. The van der Waals surface area contributed by atoms with E-state index in [0.717, 1.165) is 19.4 Å². The van der Waals surface area contributed by atoms with E-state index in [1.54, 1.807) is 4.90 Å². The summed E-state index contributed by atoms with van der Waals surface area (Å²) in [6.07, 6.45) is 1.76. The van der Waals surface area contributed by atoms with Gasteiger partial charge in [0, 0.05) is 12.5 Å². The molecule has 4 heteroatoms. The molecule has 2 amide bonds. The van der Waals surface area contributed by atoms with Crippen LogP contribution in [0, 0.1) is 5.92 Å². The standard InChI is InChI=1S/C11H18N2O2/c1-7(2)9(14)13-6-4-5-11(13)8(3)12-10(11)15/h7-8H,4-6H2,1-3H3,(H,12,15). The van der Waals surface area contributed by atoms with Crippen LogP contribution in [0.25, 0.3) is 0 Å². The highest BCUT2D eigenvalue weighted by atomic mass is 16.2. The van der Waals surface area contributed by atoms with E-state index in [9.17, 15) is 9.59 Å². The quantitative estimate of drug-likeness (QED) is 0.641. The second-order valence-corrected chi connectivity index (χ2v) is 4.87. The summed E-state index contributed by atoms with van der Waals surface area (Å²) >= 11 is 0. The molecule has 0 saturated carbocycles. The normalized spacial score (nSPS) is 34.5. The number of nitrogens with one attached hydrogen (secondary N) is 1. The van der Waals surface area contributed by atoms with Crippen LogP contribution in [0.1, 0.15) is 33.6 Å². The number of amides is 2. The van der Waals surface area contributed by atoms with Crippen molar-refractivity contribution in [3.63, 3.8) is 0 Å². The lowest BCUT2D eigenvalue weighted by Gasteiger charge is -2.50. The Hall–Kier alpha value is -1.06. The largest absolute Gasteiger partial charge is 0.349 e. The molecule has 0 bridgehead atoms. The Morgan fingerprint density at radius 3 is 2.73 bits per heavy atom. The number of carbonyl (C=O) groups excluding carboxylic acids is 2. The maximum Gasteiger partial charge on any atom is 0.248 e. The van der Waals surface area contributed by atoms with Gasteiger partial charge in [0.25, 0.3) is 0 Å². The zero-order valence-electron chi connectivity index (χ0n) is 9.54. The Bertz CT molecular complexity index is 314. The summed E-state index contributed by atoms with van der Waals surface area (Å²) in [6, 6.07) is 0.107. The molecule has 2 rings (SSSR count). The number of β-lactam (4-membered cyclic amide) rings is 1. The lowest BCUT2D eigenvalue weighted by atomic mass is 9.79. The molecular formula is C11H18N2O2. The summed E-state index contributed by atoms with van der Waals surface area (Å²) in [5.41, 5.74) is -0.513. The van der Waals surface area contributed by atoms with Gasteiger partial charge in [-0.3, -0.25) is 9.59 Å². The second-order valence-electron chi connectivity index (χ2n) is 4.87. The van der Waals surface area contributed by atoms with Gasteiger partial charge in [0.1, 0.15) is 5.54 Å². The van der Waals surface area contributed by atoms with Crippen molar-refractivity contribution in [3.8, 4) is 0 Å². The fraction of sp³-hybridized carbons (Fsp3) is 0.818. The summed E-state index contributed by atoms with van der Waals surface area (Å²) in [6.45, 7) is 6.48. The van der Waals surface area contributed by atoms with E-state index >= 15 is 0 Å². The fourth-order valence-electron chi connectivity index (χ4n) is 2.71. The smallest absolute Gasteiger partial charge is 0.248 e. The topological polar surface area (TPSA) is 49.4 Å². The van der Waals surface area contributed by atoms with E-state index in [1.807, 2.05) is 20.8 Å². The first-order chi connectivity index (χ1) is 7.00. The van der Waals surface area contributed by atoms with Gasteiger partial charge >= 0.3 is 0 Å². The molecule has 2 fully saturated rings. The molecule has 1 spiro atoms. The molecule has 0 radical (unpaired) electrons. The molecular weight excluding hydrogens is 192 g/mol. The van der Waals surface area contributed by atoms with Crippen LogP contribution in [0.2, 0.25) is 0 Å². The summed E-state index contributed by atoms with van der Waals surface area (Å²) in [7, 11) is 0. The van der Waals surface area contributed by atoms with E-state index in [4.69, 9.17) is 0 Å². The van der Waals surface area contributed by atoms with Gasteiger partial charge in [-0.05, 0) is 19.8 Å². The molecule has 2 atom stereocenters. The number of carbonyl (C=O) groups is 2. The summed E-state index contributed by atoms with van der Waals surface area (Å²) in [5.74, 6) is 0.108. The summed E-state index contributed by atoms with van der Waals surface area (Å²) in [4.78, 5) is 25.5. The van der Waals surface area contributed by atoms with Crippen LogP contribution < -0.4 is 5.32 Å². The third-order valence-corrected chi connectivity index (χ3v) is 3.64. The second kappa shape index (κ2) is 3.22. The fourth-order valence-corrected chi connectivity index (χ4v) is 2.71. The molecule has 0 aromatic heterocycles. The minimum Gasteiger partial charge on any atom is -0.349 e. The SMILES string of the molecule is CC(C)C(=O)N1CCCC12C(=O)NC2C. The number of likely N-dealkylation sites (tertiary alicyclic amines) is 1. The number of hydrogen-bond donors (Lipinski definition) is 1. The van der Waals surface area contributed by atoms with Gasteiger partial charge in [-0.1, -0.05) is 13.8 Å². The van der Waals surface area contributed by atoms with Crippen LogP contribution in [0.5, 0.6) is 0 Å². The van der Waals surface area contributed by atoms with Crippen LogP contribution >= 0.6 is 0 Å². The van der Waals surface area contributed by atoms with E-state index < -0.39 is 5.54 Å². The Kier molecular flexibility index (Phi) is 2.24. The Labute approximate surface area is 90.0 Å². The first kappa shape index (κ1) is 10.5. The molecule has 2 aliphatic heterocycles. The molecule has 1 N–H and O–H groups in total. The van der Waals surface area contributed by atoms with Gasteiger partial charge in [-0.25, -0.2) is 0 Å². The van der Waals surface area contributed by atoms with Crippen LogP contribution in [0.15, 0.2) is 0 Å². The maximum atomic E-state index is 12.0. The number of hydrogen-bond acceptors (Lipinski definition) is 2. The number of nitrogens with zero attached hydrogens (tertiary/aromatic N) is 1. The van der Waals surface area contributed by atoms with Crippen molar-refractivity contribution in [1.82, 2.24) is 10.2 Å². The van der Waals surface area contributed by atoms with Gasteiger partial charge < -0.3 is 10.2 Å². The van der Waals surface area contributed by atoms with Crippen molar-refractivity contribution in [1.29, 1.82) is 0 Å². The Morgan fingerprint density at radius 1 is 1.60 bits per heavy atom. The predicted octanol–water partition coefficient (Wildman–Crippen LogP) is 0.522. The van der Waals surface area contributed by atoms with Crippen molar-refractivity contribution < 1.29 is 9.59 Å². The van der Waals surface area contributed by atoms with E-state index in [0.29, 0.717) is 0 Å². The lowest BCUT2D eigenvalue weighted by Crippen LogP contribution is -2.77. The van der Waals surface area contributed by atoms with Gasteiger partial charge in [0.15, 0.2) is 0 Å². The minimum atomic E-state index is -0.513. The molecule has 0 aromatic rings. The predicted molar refractivity (Wildman–Crippen MR) is 56.1 cm³/mol. The lowest BCUT2D eigenvalue weighted by molar-refractivity contribution is -0.158. The summed E-state index contributed by atoms with van der Waals surface area (Å²) in [5, 5.41) is 2.83. The molecule has 2 aliphatic rings. The molecule has 0 aromatic carbocycles. The van der Waals surface area contributed by atoms with Crippen LogP contribution in [-0.4, -0.2) is 34.8 Å². The monoisotopic (exact) mass is 210 g/mol. The van der Waals surface area contributed by atoms with Crippen molar-refractivity contribution >= 4 is 11.8 Å². The molecule has 4 nitrogen and oxygen atoms in total. The molecule has 2 saturated heterocycles. The third-order valence-electron chi connectivity index (χ3n) is 3.64. The highest BCUT2D eigenvalue weighted by Crippen LogP contribution is 2.39. The first-order valence-corrected chi connectivity index (χ1v) is 5.62. The van der Waals surface area contributed by atoms with E-state index in [2.05, 4.69) is 5.32 Å². The zero-order valence-corrected chi connectivity index (χ0v) is 9.54. The van der Waals surface area contributed by atoms with Crippen LogP contribution in [0.4, 0.5) is 0 Å². The summed E-state index contributed by atoms with van der Waals surface area (Å²) < 4.78 is 0. The van der Waals surface area contributed by atoms with Gasteiger partial charge in [0.05, 0.1) is 6.04 Å². The van der Waals surface area contributed by atoms with Crippen LogP contribution in [-0.2, 0) is 9.59 Å². The molecule has 84 valence electrons. The van der Waals surface area contributed by atoms with Crippen molar-refractivity contribution in [3.05, 3.63) is 0 Å². The Balaban J connectivity index is 2.25. The highest BCUT2D eigenvalue weighted by molar-refractivity contribution is 5.98. The number of rotatable bonds is 1. The average molecular weight is 210 g/mol. The van der Waals surface area contributed by atoms with Gasteiger partial charge in [-0.15, -0.1) is 0 Å². The molecule has 2 heterocycles. The first-order valence-electron chi connectivity index (χ1n) is 5.62. The molecule has 2 unspecified atom stereocenters. The van der Waals surface area contributed by atoms with Gasteiger partial charge in [0.2, 0.25) is 11.8 Å². The van der Waals surface area contributed by atoms with Gasteiger partial charge in [-0.2, -0.15) is 0 Å². The Morgan fingerprint density at radius 2 is 2.27 bits per heavy atom. The van der Waals surface area contributed by atoms with Crippen molar-refractivity contribution in [2.45, 2.75) is 45.2 Å². The highest BCUT2D eigenvalue weighted by Gasteiger charge is 2.60. The zero-order chi connectivity index (χ0) is 11.2. The maximum absolute atomic E-state index is 12.0. The van der Waals surface area contributed by atoms with Crippen molar-refractivity contribution in [2.24, 2.45) is 5.92 Å². The van der Waals surface area contributed by atoms with E-state index in [1.165, 1.54) is 0 Å².